The van der Waals surface area contributed by atoms with E-state index in [1.54, 1.807) is 18.7 Å². The first kappa shape index (κ1) is 14.6. The summed E-state index contributed by atoms with van der Waals surface area (Å²) in [6.45, 7) is 2.44. The highest BCUT2D eigenvalue weighted by atomic mass is 16.6. The zero-order valence-corrected chi connectivity index (χ0v) is 13.1. The summed E-state index contributed by atoms with van der Waals surface area (Å²) in [6.07, 6.45) is 2.23. The summed E-state index contributed by atoms with van der Waals surface area (Å²) in [5.74, 6) is 0.574. The number of benzene rings is 1. The van der Waals surface area contributed by atoms with Crippen molar-refractivity contribution < 1.29 is 4.92 Å². The first-order valence-electron chi connectivity index (χ1n) is 7.39. The van der Waals surface area contributed by atoms with Crippen molar-refractivity contribution in [3.8, 4) is 0 Å². The van der Waals surface area contributed by atoms with E-state index in [1.165, 1.54) is 5.56 Å². The Kier molecular flexibility index (Phi) is 3.39. The average Bonchev–Trinajstić information content (AvgIpc) is 3.18. The maximum atomic E-state index is 11.3. The Bertz CT molecular complexity index is 704. The standard InChI is InChI=1S/C16H20N4O2/c1-12-14(20(21)22)15(19(3)17-12)18(2)11-16(9-10-16)13-7-5-4-6-8-13/h4-8H,9-11H2,1-3H3. The Balaban J connectivity index is 1.90. The van der Waals surface area contributed by atoms with Gasteiger partial charge in [-0.1, -0.05) is 30.3 Å². The van der Waals surface area contributed by atoms with Gasteiger partial charge < -0.3 is 4.90 Å². The fourth-order valence-electron chi connectivity index (χ4n) is 3.29. The summed E-state index contributed by atoms with van der Waals surface area (Å²) in [7, 11) is 3.67. The summed E-state index contributed by atoms with van der Waals surface area (Å²) in [5, 5.41) is 15.5. The molecule has 1 aromatic heterocycles. The van der Waals surface area contributed by atoms with E-state index >= 15 is 0 Å². The molecule has 1 fully saturated rings. The number of aryl methyl sites for hydroxylation is 2. The van der Waals surface area contributed by atoms with E-state index in [2.05, 4.69) is 17.2 Å². The van der Waals surface area contributed by atoms with E-state index in [0.717, 1.165) is 19.4 Å². The van der Waals surface area contributed by atoms with Crippen molar-refractivity contribution in [3.63, 3.8) is 0 Å². The van der Waals surface area contributed by atoms with Gasteiger partial charge in [0.05, 0.1) is 4.92 Å². The second-order valence-corrected chi connectivity index (χ2v) is 6.14. The van der Waals surface area contributed by atoms with Crippen LogP contribution in [0.25, 0.3) is 0 Å². The lowest BCUT2D eigenvalue weighted by Gasteiger charge is -2.25. The topological polar surface area (TPSA) is 64.2 Å². The molecule has 1 aliphatic rings. The Morgan fingerprint density at radius 3 is 2.55 bits per heavy atom. The molecule has 0 saturated heterocycles. The van der Waals surface area contributed by atoms with E-state index in [-0.39, 0.29) is 16.0 Å². The van der Waals surface area contributed by atoms with Gasteiger partial charge in [0, 0.05) is 26.1 Å². The summed E-state index contributed by atoms with van der Waals surface area (Å²) in [6, 6.07) is 10.4. The van der Waals surface area contributed by atoms with Crippen molar-refractivity contribution in [2.24, 2.45) is 7.05 Å². The number of nitro groups is 1. The molecule has 1 aliphatic carbocycles. The highest BCUT2D eigenvalue weighted by Gasteiger charge is 2.46. The number of rotatable bonds is 5. The van der Waals surface area contributed by atoms with Crippen LogP contribution in [0.5, 0.6) is 0 Å². The minimum Gasteiger partial charge on any atom is -0.353 e. The summed E-state index contributed by atoms with van der Waals surface area (Å²) in [4.78, 5) is 13.0. The van der Waals surface area contributed by atoms with E-state index in [4.69, 9.17) is 0 Å². The lowest BCUT2D eigenvalue weighted by molar-refractivity contribution is -0.384. The average molecular weight is 300 g/mol. The van der Waals surface area contributed by atoms with E-state index in [1.807, 2.05) is 30.1 Å². The Morgan fingerprint density at radius 2 is 2.00 bits per heavy atom. The van der Waals surface area contributed by atoms with Gasteiger partial charge in [-0.25, -0.2) is 4.68 Å². The molecule has 3 rings (SSSR count). The predicted octanol–water partition coefficient (Wildman–Crippen LogP) is 2.80. The van der Waals surface area contributed by atoms with Crippen LogP contribution in [-0.2, 0) is 12.5 Å². The molecule has 0 N–H and O–H groups in total. The maximum absolute atomic E-state index is 11.3. The number of hydrogen-bond acceptors (Lipinski definition) is 4. The molecule has 0 bridgehead atoms. The van der Waals surface area contributed by atoms with Gasteiger partial charge in [0.25, 0.3) is 0 Å². The van der Waals surface area contributed by atoms with Crippen molar-refractivity contribution in [1.29, 1.82) is 0 Å². The Labute approximate surface area is 129 Å². The van der Waals surface area contributed by atoms with Gasteiger partial charge in [0.1, 0.15) is 5.69 Å². The molecule has 1 aromatic carbocycles. The van der Waals surface area contributed by atoms with Crippen LogP contribution in [0.1, 0.15) is 24.1 Å². The van der Waals surface area contributed by atoms with Crippen LogP contribution in [0, 0.1) is 17.0 Å². The summed E-state index contributed by atoms with van der Waals surface area (Å²) < 4.78 is 1.61. The van der Waals surface area contributed by atoms with Crippen LogP contribution >= 0.6 is 0 Å². The maximum Gasteiger partial charge on any atom is 0.333 e. The molecule has 6 heteroatoms. The Morgan fingerprint density at radius 1 is 1.36 bits per heavy atom. The van der Waals surface area contributed by atoms with Gasteiger partial charge in [-0.05, 0) is 25.3 Å². The van der Waals surface area contributed by atoms with Gasteiger partial charge in [-0.15, -0.1) is 0 Å². The first-order valence-corrected chi connectivity index (χ1v) is 7.39. The molecule has 0 unspecified atom stereocenters. The highest BCUT2D eigenvalue weighted by molar-refractivity contribution is 5.61. The Hall–Kier alpha value is -2.37. The molecule has 22 heavy (non-hydrogen) atoms. The fourth-order valence-corrected chi connectivity index (χ4v) is 3.29. The molecule has 0 radical (unpaired) electrons. The molecule has 116 valence electrons. The molecule has 0 aliphatic heterocycles. The quantitative estimate of drug-likeness (QED) is 0.629. The lowest BCUT2D eigenvalue weighted by atomic mass is 9.95. The van der Waals surface area contributed by atoms with Crippen LogP contribution < -0.4 is 4.90 Å². The third-order valence-corrected chi connectivity index (χ3v) is 4.48. The molecule has 0 atom stereocenters. The zero-order valence-electron chi connectivity index (χ0n) is 13.1. The summed E-state index contributed by atoms with van der Waals surface area (Å²) >= 11 is 0. The number of anilines is 1. The lowest BCUT2D eigenvalue weighted by Crippen LogP contribution is -2.31. The fraction of sp³-hybridized carbons (Fsp3) is 0.438. The molecule has 0 spiro atoms. The summed E-state index contributed by atoms with van der Waals surface area (Å²) in [5.41, 5.74) is 1.98. The van der Waals surface area contributed by atoms with Crippen molar-refractivity contribution in [2.75, 3.05) is 18.5 Å². The third kappa shape index (κ3) is 2.34. The highest BCUT2D eigenvalue weighted by Crippen LogP contribution is 2.49. The smallest absolute Gasteiger partial charge is 0.333 e. The SMILES string of the molecule is Cc1nn(C)c(N(C)CC2(c3ccccc3)CC2)c1[N+](=O)[O-]. The number of likely N-dealkylation sites (N-methyl/N-ethyl adjacent to an activating group) is 1. The molecule has 1 heterocycles. The second kappa shape index (κ2) is 5.12. The van der Waals surface area contributed by atoms with Crippen LogP contribution in [0.2, 0.25) is 0 Å². The van der Waals surface area contributed by atoms with Crippen LogP contribution in [0.3, 0.4) is 0 Å². The molecular formula is C16H20N4O2. The number of nitrogens with zero attached hydrogens (tertiary/aromatic N) is 4. The molecule has 2 aromatic rings. The van der Waals surface area contributed by atoms with Gasteiger partial charge in [0.2, 0.25) is 5.82 Å². The largest absolute Gasteiger partial charge is 0.353 e. The van der Waals surface area contributed by atoms with Gasteiger partial charge in [-0.2, -0.15) is 5.10 Å². The van der Waals surface area contributed by atoms with Gasteiger partial charge >= 0.3 is 5.69 Å². The number of hydrogen-bond donors (Lipinski definition) is 0. The predicted molar refractivity (Wildman–Crippen MR) is 85.2 cm³/mol. The minimum atomic E-state index is -0.337. The van der Waals surface area contributed by atoms with Crippen molar-refractivity contribution in [2.45, 2.75) is 25.2 Å². The number of aromatic nitrogens is 2. The van der Waals surface area contributed by atoms with Crippen molar-refractivity contribution in [1.82, 2.24) is 9.78 Å². The van der Waals surface area contributed by atoms with E-state index in [9.17, 15) is 10.1 Å². The van der Waals surface area contributed by atoms with Crippen LogP contribution in [0.15, 0.2) is 30.3 Å². The van der Waals surface area contributed by atoms with Crippen LogP contribution in [0.4, 0.5) is 11.5 Å². The molecule has 1 saturated carbocycles. The molecule has 6 nitrogen and oxygen atoms in total. The van der Waals surface area contributed by atoms with Crippen molar-refractivity contribution in [3.05, 3.63) is 51.7 Å². The zero-order chi connectivity index (χ0) is 15.9. The van der Waals surface area contributed by atoms with Crippen LogP contribution in [-0.4, -0.2) is 28.3 Å². The normalized spacial score (nSPS) is 15.6. The van der Waals surface area contributed by atoms with Gasteiger partial charge in [-0.3, -0.25) is 10.1 Å². The van der Waals surface area contributed by atoms with Crippen molar-refractivity contribution >= 4 is 11.5 Å². The first-order chi connectivity index (χ1) is 10.4. The van der Waals surface area contributed by atoms with Gasteiger partial charge in [0.15, 0.2) is 0 Å². The third-order valence-electron chi connectivity index (χ3n) is 4.48. The second-order valence-electron chi connectivity index (χ2n) is 6.14. The molecule has 0 amide bonds. The van der Waals surface area contributed by atoms with E-state index < -0.39 is 0 Å². The minimum absolute atomic E-state index is 0.105. The monoisotopic (exact) mass is 300 g/mol. The van der Waals surface area contributed by atoms with E-state index in [0.29, 0.717) is 11.5 Å². The molecular weight excluding hydrogens is 280 g/mol.